The highest BCUT2D eigenvalue weighted by Gasteiger charge is 2.41. The van der Waals surface area contributed by atoms with Gasteiger partial charge in [-0.2, -0.15) is 0 Å². The lowest BCUT2D eigenvalue weighted by Gasteiger charge is -2.45. The topological polar surface area (TPSA) is 78.7 Å². The molecule has 2 bridgehead atoms. The van der Waals surface area contributed by atoms with Gasteiger partial charge in [0.05, 0.1) is 0 Å². The molecule has 27 heavy (non-hydrogen) atoms. The predicted octanol–water partition coefficient (Wildman–Crippen LogP) is 2.60. The fourth-order valence-electron chi connectivity index (χ4n) is 5.33. The maximum atomic E-state index is 12.8. The molecule has 1 saturated heterocycles. The van der Waals surface area contributed by atoms with Gasteiger partial charge in [-0.1, -0.05) is 6.42 Å². The summed E-state index contributed by atoms with van der Waals surface area (Å²) in [7, 11) is 0. The zero-order valence-electron chi connectivity index (χ0n) is 16.9. The van der Waals surface area contributed by atoms with Gasteiger partial charge in [0.25, 0.3) is 0 Å². The average Bonchev–Trinajstić information content (AvgIpc) is 2.63. The molecule has 1 aliphatic heterocycles. The van der Waals surface area contributed by atoms with Crippen LogP contribution in [-0.2, 0) is 4.79 Å². The lowest BCUT2D eigenvalue weighted by Crippen LogP contribution is -2.55. The van der Waals surface area contributed by atoms with E-state index in [9.17, 15) is 9.59 Å². The van der Waals surface area contributed by atoms with Gasteiger partial charge in [-0.05, 0) is 64.2 Å². The summed E-state index contributed by atoms with van der Waals surface area (Å²) in [5.41, 5.74) is 6.20. The highest BCUT2D eigenvalue weighted by atomic mass is 35.5. The molecule has 2 atom stereocenters. The summed E-state index contributed by atoms with van der Waals surface area (Å²) in [5, 5.41) is 3.39. The van der Waals surface area contributed by atoms with Crippen molar-refractivity contribution >= 4 is 24.3 Å². The maximum absolute atomic E-state index is 12.8. The SMILES string of the molecule is CCN(CC)C(=O)N1CCC(C(=O)NC2C3CCCC2CC(N)C3)CC1.Cl. The van der Waals surface area contributed by atoms with Gasteiger partial charge in [-0.25, -0.2) is 4.79 Å². The van der Waals surface area contributed by atoms with Crippen LogP contribution in [0.3, 0.4) is 0 Å². The lowest BCUT2D eigenvalue weighted by atomic mass is 9.67. The number of nitrogens with one attached hydrogen (secondary N) is 1. The molecule has 3 amide bonds. The van der Waals surface area contributed by atoms with Crippen LogP contribution in [0, 0.1) is 17.8 Å². The molecule has 2 aliphatic carbocycles. The number of hydrogen-bond acceptors (Lipinski definition) is 3. The van der Waals surface area contributed by atoms with Crippen LogP contribution in [0.4, 0.5) is 4.79 Å². The number of rotatable bonds is 4. The quantitative estimate of drug-likeness (QED) is 0.761. The summed E-state index contributed by atoms with van der Waals surface area (Å²) in [4.78, 5) is 29.1. The summed E-state index contributed by atoms with van der Waals surface area (Å²) >= 11 is 0. The van der Waals surface area contributed by atoms with Crippen LogP contribution in [-0.4, -0.2) is 60.0 Å². The molecule has 2 unspecified atom stereocenters. The number of urea groups is 1. The smallest absolute Gasteiger partial charge is 0.319 e. The molecular formula is C20H37ClN4O2. The summed E-state index contributed by atoms with van der Waals surface area (Å²) in [6.07, 6.45) is 7.34. The molecule has 3 N–H and O–H groups in total. The fourth-order valence-corrected chi connectivity index (χ4v) is 5.33. The van der Waals surface area contributed by atoms with Crippen molar-refractivity contribution in [1.82, 2.24) is 15.1 Å². The van der Waals surface area contributed by atoms with E-state index >= 15 is 0 Å². The molecule has 1 heterocycles. The molecule has 3 fully saturated rings. The number of carbonyl (C=O) groups is 2. The van der Waals surface area contributed by atoms with E-state index in [0.717, 1.165) is 38.8 Å². The summed E-state index contributed by atoms with van der Waals surface area (Å²) in [6.45, 7) is 6.87. The normalized spacial score (nSPS) is 31.0. The summed E-state index contributed by atoms with van der Waals surface area (Å²) in [5.74, 6) is 1.38. The third-order valence-electron chi connectivity index (χ3n) is 6.86. The highest BCUT2D eigenvalue weighted by Crippen LogP contribution is 2.40. The van der Waals surface area contributed by atoms with Gasteiger partial charge in [0.15, 0.2) is 0 Å². The molecule has 0 aromatic carbocycles. The molecular weight excluding hydrogens is 364 g/mol. The van der Waals surface area contributed by atoms with E-state index in [4.69, 9.17) is 5.73 Å². The molecule has 0 radical (unpaired) electrons. The number of carbonyl (C=O) groups excluding carboxylic acids is 2. The van der Waals surface area contributed by atoms with Gasteiger partial charge in [0, 0.05) is 44.2 Å². The second kappa shape index (κ2) is 9.97. The first kappa shape index (κ1) is 22.3. The lowest BCUT2D eigenvalue weighted by molar-refractivity contribution is -0.128. The van der Waals surface area contributed by atoms with Gasteiger partial charge < -0.3 is 20.9 Å². The molecule has 3 aliphatic rings. The van der Waals surface area contributed by atoms with Gasteiger partial charge in [0.2, 0.25) is 5.91 Å². The molecule has 0 aromatic rings. The van der Waals surface area contributed by atoms with Crippen molar-refractivity contribution in [2.75, 3.05) is 26.2 Å². The highest BCUT2D eigenvalue weighted by molar-refractivity contribution is 5.85. The van der Waals surface area contributed by atoms with E-state index in [1.54, 1.807) is 0 Å². The Morgan fingerprint density at radius 1 is 1.04 bits per heavy atom. The fraction of sp³-hybridized carbons (Fsp3) is 0.900. The van der Waals surface area contributed by atoms with E-state index in [-0.39, 0.29) is 30.3 Å². The number of nitrogens with zero attached hydrogens (tertiary/aromatic N) is 2. The minimum Gasteiger partial charge on any atom is -0.353 e. The largest absolute Gasteiger partial charge is 0.353 e. The predicted molar refractivity (Wildman–Crippen MR) is 110 cm³/mol. The number of likely N-dealkylation sites (tertiary alicyclic amines) is 1. The number of hydrogen-bond donors (Lipinski definition) is 2. The van der Waals surface area contributed by atoms with Crippen molar-refractivity contribution in [3.05, 3.63) is 0 Å². The maximum Gasteiger partial charge on any atom is 0.319 e. The van der Waals surface area contributed by atoms with Gasteiger partial charge in [-0.15, -0.1) is 12.4 Å². The number of nitrogens with two attached hydrogens (primary N) is 1. The molecule has 2 saturated carbocycles. The van der Waals surface area contributed by atoms with Gasteiger partial charge in [-0.3, -0.25) is 4.79 Å². The number of piperidine rings is 1. The summed E-state index contributed by atoms with van der Waals surface area (Å²) in [6, 6.07) is 0.754. The third-order valence-corrected chi connectivity index (χ3v) is 6.86. The molecule has 6 nitrogen and oxygen atoms in total. The Labute approximate surface area is 170 Å². The van der Waals surface area contributed by atoms with Crippen molar-refractivity contribution < 1.29 is 9.59 Å². The van der Waals surface area contributed by atoms with E-state index < -0.39 is 0 Å². The Balaban J connectivity index is 0.00000261. The second-order valence-corrected chi connectivity index (χ2v) is 8.43. The Hall–Kier alpha value is -1.01. The van der Waals surface area contributed by atoms with Crippen LogP contribution in [0.15, 0.2) is 0 Å². The molecule has 0 spiro atoms. The van der Waals surface area contributed by atoms with Crippen molar-refractivity contribution in [2.24, 2.45) is 23.5 Å². The molecule has 0 aromatic heterocycles. The van der Waals surface area contributed by atoms with E-state index in [0.29, 0.717) is 37.0 Å². The second-order valence-electron chi connectivity index (χ2n) is 8.43. The Morgan fingerprint density at radius 2 is 1.59 bits per heavy atom. The minimum atomic E-state index is 0. The Kier molecular flexibility index (Phi) is 8.22. The van der Waals surface area contributed by atoms with Crippen LogP contribution in [0.1, 0.15) is 58.8 Å². The van der Waals surface area contributed by atoms with E-state index in [2.05, 4.69) is 5.32 Å². The number of amides is 3. The van der Waals surface area contributed by atoms with E-state index in [1.165, 1.54) is 19.3 Å². The first-order valence-electron chi connectivity index (χ1n) is 10.6. The average molecular weight is 401 g/mol. The molecule has 156 valence electrons. The Morgan fingerprint density at radius 3 is 2.11 bits per heavy atom. The van der Waals surface area contributed by atoms with Gasteiger partial charge >= 0.3 is 6.03 Å². The van der Waals surface area contributed by atoms with Crippen molar-refractivity contribution in [2.45, 2.75) is 70.9 Å². The van der Waals surface area contributed by atoms with Gasteiger partial charge in [0.1, 0.15) is 0 Å². The number of fused-ring (bicyclic) bond motifs is 2. The van der Waals surface area contributed by atoms with Crippen LogP contribution in [0.5, 0.6) is 0 Å². The van der Waals surface area contributed by atoms with Crippen LogP contribution in [0.2, 0.25) is 0 Å². The first-order chi connectivity index (χ1) is 12.5. The van der Waals surface area contributed by atoms with Crippen molar-refractivity contribution in [1.29, 1.82) is 0 Å². The third kappa shape index (κ3) is 5.08. The number of halogens is 1. The molecule has 7 heteroatoms. The minimum absolute atomic E-state index is 0. The monoisotopic (exact) mass is 400 g/mol. The van der Waals surface area contributed by atoms with E-state index in [1.807, 2.05) is 23.6 Å². The van der Waals surface area contributed by atoms with Crippen LogP contribution in [0.25, 0.3) is 0 Å². The molecule has 3 rings (SSSR count). The Bertz CT molecular complexity index is 492. The summed E-state index contributed by atoms with van der Waals surface area (Å²) < 4.78 is 0. The van der Waals surface area contributed by atoms with Crippen molar-refractivity contribution in [3.8, 4) is 0 Å². The van der Waals surface area contributed by atoms with Crippen molar-refractivity contribution in [3.63, 3.8) is 0 Å². The van der Waals surface area contributed by atoms with Crippen LogP contribution < -0.4 is 11.1 Å². The zero-order chi connectivity index (χ0) is 18.7. The first-order valence-corrected chi connectivity index (χ1v) is 10.6. The zero-order valence-corrected chi connectivity index (χ0v) is 17.7. The standard InChI is InChI=1S/C20H36N4O2.ClH/c1-3-23(4-2)20(26)24-10-8-14(9-11-24)19(25)22-18-15-6-5-7-16(18)13-17(21)12-15;/h14-18H,3-13,21H2,1-2H3,(H,22,25);1H. The van der Waals surface area contributed by atoms with Crippen LogP contribution >= 0.6 is 12.4 Å².